The number of aryl methyl sites for hydroxylation is 1. The van der Waals surface area contributed by atoms with Crippen LogP contribution < -0.4 is 5.32 Å². The molecule has 0 unspecified atom stereocenters. The summed E-state index contributed by atoms with van der Waals surface area (Å²) in [6.45, 7) is 0.268. The predicted molar refractivity (Wildman–Crippen MR) is 89.0 cm³/mol. The van der Waals surface area contributed by atoms with E-state index in [1.54, 1.807) is 23.1 Å². The van der Waals surface area contributed by atoms with E-state index in [4.69, 9.17) is 11.6 Å². The lowest BCUT2D eigenvalue weighted by Gasteiger charge is -2.09. The number of hydrogen-bond acceptors (Lipinski definition) is 3. The summed E-state index contributed by atoms with van der Waals surface area (Å²) in [7, 11) is 1.82. The average molecular weight is 345 g/mol. The molecule has 0 aliphatic rings. The summed E-state index contributed by atoms with van der Waals surface area (Å²) in [6, 6.07) is 7.35. The second kappa shape index (κ2) is 6.80. The summed E-state index contributed by atoms with van der Waals surface area (Å²) < 4.78 is 14.8. The molecule has 0 atom stereocenters. The highest BCUT2D eigenvalue weighted by Gasteiger charge is 2.13. The van der Waals surface area contributed by atoms with Gasteiger partial charge in [0.15, 0.2) is 0 Å². The second-order valence-corrected chi connectivity index (χ2v) is 5.63. The molecule has 122 valence electrons. The van der Waals surface area contributed by atoms with Crippen LogP contribution in [-0.4, -0.2) is 20.7 Å². The maximum absolute atomic E-state index is 13.1. The van der Waals surface area contributed by atoms with Crippen LogP contribution in [0.3, 0.4) is 0 Å². The Kier molecular flexibility index (Phi) is 4.57. The van der Waals surface area contributed by atoms with Crippen molar-refractivity contribution in [2.75, 3.05) is 0 Å². The van der Waals surface area contributed by atoms with Gasteiger partial charge < -0.3 is 5.32 Å². The normalized spacial score (nSPS) is 10.6. The topological polar surface area (TPSA) is 59.8 Å². The third kappa shape index (κ3) is 3.44. The lowest BCUT2D eigenvalue weighted by Crippen LogP contribution is -2.23. The molecule has 3 rings (SSSR count). The monoisotopic (exact) mass is 344 g/mol. The van der Waals surface area contributed by atoms with Gasteiger partial charge in [-0.3, -0.25) is 14.5 Å². The number of pyridine rings is 1. The fraction of sp³-hybridized carbons (Fsp3) is 0.118. The Morgan fingerprint density at radius 1 is 1.38 bits per heavy atom. The molecule has 7 heteroatoms. The van der Waals surface area contributed by atoms with E-state index < -0.39 is 5.82 Å². The Labute approximate surface area is 143 Å². The Morgan fingerprint density at radius 3 is 2.92 bits per heavy atom. The van der Waals surface area contributed by atoms with Gasteiger partial charge >= 0.3 is 0 Å². The summed E-state index contributed by atoms with van der Waals surface area (Å²) in [6.07, 6.45) is 5.25. The van der Waals surface area contributed by atoms with Crippen LogP contribution in [-0.2, 0) is 13.6 Å². The minimum atomic E-state index is -0.484. The number of rotatable bonds is 4. The van der Waals surface area contributed by atoms with Gasteiger partial charge in [-0.2, -0.15) is 5.10 Å². The van der Waals surface area contributed by atoms with E-state index in [2.05, 4.69) is 15.4 Å². The minimum absolute atomic E-state index is 0.0752. The predicted octanol–water partition coefficient (Wildman–Crippen LogP) is 3.20. The van der Waals surface area contributed by atoms with E-state index in [0.29, 0.717) is 0 Å². The average Bonchev–Trinajstić information content (AvgIpc) is 2.99. The van der Waals surface area contributed by atoms with E-state index in [9.17, 15) is 9.18 Å². The van der Waals surface area contributed by atoms with Crippen LogP contribution in [0.1, 0.15) is 15.9 Å². The number of nitrogens with zero attached hydrogens (tertiary/aromatic N) is 3. The van der Waals surface area contributed by atoms with Crippen molar-refractivity contribution in [3.63, 3.8) is 0 Å². The van der Waals surface area contributed by atoms with Crippen molar-refractivity contribution in [1.29, 1.82) is 0 Å². The summed E-state index contributed by atoms with van der Waals surface area (Å²) in [5.74, 6) is -0.858. The molecular weight excluding hydrogens is 331 g/mol. The number of hydrogen-bond donors (Lipinski definition) is 1. The van der Waals surface area contributed by atoms with Gasteiger partial charge in [0, 0.05) is 31.5 Å². The van der Waals surface area contributed by atoms with Gasteiger partial charge in [0.05, 0.1) is 22.5 Å². The summed E-state index contributed by atoms with van der Waals surface area (Å²) in [5, 5.41) is 6.99. The fourth-order valence-corrected chi connectivity index (χ4v) is 2.58. The number of carbonyl (C=O) groups is 1. The highest BCUT2D eigenvalue weighted by molar-refractivity contribution is 6.33. The molecule has 0 radical (unpaired) electrons. The van der Waals surface area contributed by atoms with Crippen LogP contribution in [0.25, 0.3) is 11.3 Å². The zero-order chi connectivity index (χ0) is 17.1. The zero-order valence-corrected chi connectivity index (χ0v) is 13.6. The van der Waals surface area contributed by atoms with E-state index >= 15 is 0 Å². The Hall–Kier alpha value is -2.73. The number of halogens is 2. The van der Waals surface area contributed by atoms with Crippen molar-refractivity contribution in [1.82, 2.24) is 20.1 Å². The Morgan fingerprint density at radius 2 is 2.21 bits per heavy atom. The highest BCUT2D eigenvalue weighted by Crippen LogP contribution is 2.21. The minimum Gasteiger partial charge on any atom is -0.348 e. The molecule has 0 aliphatic heterocycles. The molecule has 1 aromatic carbocycles. The first-order chi connectivity index (χ1) is 11.5. The number of aromatic nitrogens is 3. The maximum Gasteiger partial charge on any atom is 0.253 e. The molecule has 2 heterocycles. The summed E-state index contributed by atoms with van der Waals surface area (Å²) in [5.41, 5.74) is 2.68. The molecule has 0 saturated heterocycles. The first-order valence-electron chi connectivity index (χ1n) is 7.21. The molecule has 1 amide bonds. The van der Waals surface area contributed by atoms with Crippen molar-refractivity contribution in [3.8, 4) is 11.3 Å². The molecule has 0 bridgehead atoms. The lowest BCUT2D eigenvalue weighted by atomic mass is 10.1. The second-order valence-electron chi connectivity index (χ2n) is 5.22. The Bertz CT molecular complexity index is 894. The molecule has 3 aromatic rings. The van der Waals surface area contributed by atoms with Crippen molar-refractivity contribution < 1.29 is 9.18 Å². The van der Waals surface area contributed by atoms with Gasteiger partial charge in [0.2, 0.25) is 0 Å². The largest absolute Gasteiger partial charge is 0.348 e. The van der Waals surface area contributed by atoms with Crippen LogP contribution in [0.4, 0.5) is 4.39 Å². The quantitative estimate of drug-likeness (QED) is 0.790. The van der Waals surface area contributed by atoms with E-state index in [1.807, 2.05) is 19.3 Å². The molecule has 0 spiro atoms. The fourth-order valence-electron chi connectivity index (χ4n) is 2.33. The van der Waals surface area contributed by atoms with Gasteiger partial charge in [-0.05, 0) is 29.8 Å². The van der Waals surface area contributed by atoms with Crippen LogP contribution in [0.2, 0.25) is 5.02 Å². The van der Waals surface area contributed by atoms with Crippen molar-refractivity contribution in [3.05, 3.63) is 70.9 Å². The van der Waals surface area contributed by atoms with Gasteiger partial charge in [0.25, 0.3) is 5.91 Å². The molecule has 2 aromatic heterocycles. The number of nitrogens with one attached hydrogen (secondary N) is 1. The number of carbonyl (C=O) groups excluding carboxylic acids is 1. The molecule has 24 heavy (non-hydrogen) atoms. The van der Waals surface area contributed by atoms with Crippen molar-refractivity contribution >= 4 is 17.5 Å². The molecular formula is C17H14ClFN4O. The first-order valence-corrected chi connectivity index (χ1v) is 7.58. The van der Waals surface area contributed by atoms with Crippen LogP contribution in [0, 0.1) is 5.82 Å². The van der Waals surface area contributed by atoms with E-state index in [0.717, 1.165) is 22.9 Å². The maximum atomic E-state index is 13.1. The third-order valence-corrected chi connectivity index (χ3v) is 3.80. The summed E-state index contributed by atoms with van der Waals surface area (Å²) >= 11 is 5.91. The molecule has 0 fully saturated rings. The Balaban J connectivity index is 1.79. The van der Waals surface area contributed by atoms with Gasteiger partial charge in [-0.25, -0.2) is 4.39 Å². The van der Waals surface area contributed by atoms with Crippen LogP contribution in [0.5, 0.6) is 0 Å². The van der Waals surface area contributed by atoms with Crippen LogP contribution in [0.15, 0.2) is 48.9 Å². The standard InChI is InChI=1S/C17H14ClFN4O/c1-23-10-12(9-22-23)16-11(3-2-6-20-16)8-21-17(24)14-5-4-13(19)7-15(14)18/h2-7,9-10H,8H2,1H3,(H,21,24). The smallest absolute Gasteiger partial charge is 0.253 e. The molecule has 5 nitrogen and oxygen atoms in total. The highest BCUT2D eigenvalue weighted by atomic mass is 35.5. The van der Waals surface area contributed by atoms with Gasteiger partial charge in [-0.1, -0.05) is 17.7 Å². The first kappa shape index (κ1) is 16.1. The molecule has 0 aliphatic carbocycles. The number of amides is 1. The van der Waals surface area contributed by atoms with Crippen molar-refractivity contribution in [2.24, 2.45) is 7.05 Å². The van der Waals surface area contributed by atoms with E-state index in [1.165, 1.54) is 12.1 Å². The van der Waals surface area contributed by atoms with Crippen molar-refractivity contribution in [2.45, 2.75) is 6.54 Å². The van der Waals surface area contributed by atoms with E-state index in [-0.39, 0.29) is 23.0 Å². The molecule has 1 N–H and O–H groups in total. The van der Waals surface area contributed by atoms with Gasteiger partial charge in [0.1, 0.15) is 5.82 Å². The molecule has 0 saturated carbocycles. The lowest BCUT2D eigenvalue weighted by molar-refractivity contribution is 0.0951. The van der Waals surface area contributed by atoms with Gasteiger partial charge in [-0.15, -0.1) is 0 Å². The van der Waals surface area contributed by atoms with Crippen LogP contribution >= 0.6 is 11.6 Å². The number of benzene rings is 1. The SMILES string of the molecule is Cn1cc(-c2ncccc2CNC(=O)c2ccc(F)cc2Cl)cn1. The third-order valence-electron chi connectivity index (χ3n) is 3.48. The zero-order valence-electron chi connectivity index (χ0n) is 12.8. The summed E-state index contributed by atoms with van der Waals surface area (Å²) in [4.78, 5) is 16.6.